The first kappa shape index (κ1) is 11.0. The molecular weight excluding hydrogens is 247 g/mol. The van der Waals surface area contributed by atoms with Gasteiger partial charge in [-0.25, -0.2) is 0 Å². The molecule has 0 N–H and O–H groups in total. The summed E-state index contributed by atoms with van der Waals surface area (Å²) in [6.45, 7) is 0. The minimum absolute atomic E-state index is 0.0499. The lowest BCUT2D eigenvalue weighted by molar-refractivity contribution is -0.137. The summed E-state index contributed by atoms with van der Waals surface area (Å²) < 4.78 is 42.6. The van der Waals surface area contributed by atoms with Gasteiger partial charge in [0.1, 0.15) is 6.26 Å². The molecule has 0 aliphatic rings. The fourth-order valence-electron chi connectivity index (χ4n) is 1.04. The highest BCUT2D eigenvalue weighted by atomic mass is 35.5. The van der Waals surface area contributed by atoms with E-state index in [1.54, 1.807) is 0 Å². The number of halogens is 4. The van der Waals surface area contributed by atoms with Gasteiger partial charge in [0.05, 0.1) is 23.3 Å². The van der Waals surface area contributed by atoms with Crippen molar-refractivity contribution in [2.24, 2.45) is 0 Å². The fourth-order valence-corrected chi connectivity index (χ4v) is 1.16. The molecule has 0 unspecified atom stereocenters. The molecule has 0 bridgehead atoms. The molecule has 2 rings (SSSR count). The van der Waals surface area contributed by atoms with Gasteiger partial charge in [0.25, 0.3) is 0 Å². The van der Waals surface area contributed by atoms with E-state index in [-0.39, 0.29) is 11.9 Å². The van der Waals surface area contributed by atoms with Gasteiger partial charge < -0.3 is 4.42 Å². The topological polar surface area (TPSA) is 43.9 Å². The van der Waals surface area contributed by atoms with Crippen LogP contribution < -0.4 is 0 Å². The summed E-state index contributed by atoms with van der Waals surface area (Å²) in [5.74, 6) is 0.122. The SMILES string of the molecule is FC(F)(F)c1cnn(-c2nc(CCl)co2)c1. The summed E-state index contributed by atoms with van der Waals surface area (Å²) >= 11 is 5.47. The van der Waals surface area contributed by atoms with Crippen LogP contribution in [-0.4, -0.2) is 14.8 Å². The zero-order valence-corrected chi connectivity index (χ0v) is 8.46. The van der Waals surface area contributed by atoms with Crippen molar-refractivity contribution in [3.63, 3.8) is 0 Å². The molecule has 2 aromatic rings. The smallest absolute Gasteiger partial charge is 0.419 e. The summed E-state index contributed by atoms with van der Waals surface area (Å²) in [7, 11) is 0. The van der Waals surface area contributed by atoms with E-state index in [1.165, 1.54) is 6.26 Å². The molecule has 0 saturated heterocycles. The first-order valence-corrected chi connectivity index (χ1v) is 4.67. The second kappa shape index (κ2) is 3.82. The van der Waals surface area contributed by atoms with Crippen molar-refractivity contribution < 1.29 is 17.6 Å². The van der Waals surface area contributed by atoms with Crippen LogP contribution in [0.3, 0.4) is 0 Å². The lowest BCUT2D eigenvalue weighted by Gasteiger charge is -1.99. The lowest BCUT2D eigenvalue weighted by Crippen LogP contribution is -2.03. The largest absolute Gasteiger partial charge is 0.430 e. The van der Waals surface area contributed by atoms with E-state index in [2.05, 4.69) is 10.1 Å². The van der Waals surface area contributed by atoms with Crippen molar-refractivity contribution in [1.82, 2.24) is 14.8 Å². The summed E-state index contributed by atoms with van der Waals surface area (Å²) in [5.41, 5.74) is -0.432. The Labute approximate surface area is 92.6 Å². The Morgan fingerprint density at radius 1 is 1.44 bits per heavy atom. The zero-order chi connectivity index (χ0) is 11.8. The van der Waals surface area contributed by atoms with Gasteiger partial charge in [-0.3, -0.25) is 0 Å². The number of nitrogens with zero attached hydrogens (tertiary/aromatic N) is 3. The third-order valence-corrected chi connectivity index (χ3v) is 2.06. The van der Waals surface area contributed by atoms with E-state index < -0.39 is 11.7 Å². The molecule has 2 aromatic heterocycles. The summed E-state index contributed by atoms with van der Waals surface area (Å²) in [4.78, 5) is 3.83. The second-order valence-corrected chi connectivity index (χ2v) is 3.19. The van der Waals surface area contributed by atoms with Gasteiger partial charge in [-0.15, -0.1) is 11.6 Å². The van der Waals surface area contributed by atoms with Gasteiger partial charge in [-0.2, -0.15) is 27.9 Å². The molecule has 0 radical (unpaired) electrons. The van der Waals surface area contributed by atoms with Crippen LogP contribution in [-0.2, 0) is 12.1 Å². The van der Waals surface area contributed by atoms with E-state index in [9.17, 15) is 13.2 Å². The third kappa shape index (κ3) is 2.04. The van der Waals surface area contributed by atoms with E-state index in [1.807, 2.05) is 0 Å². The lowest BCUT2D eigenvalue weighted by atomic mass is 10.4. The molecule has 0 aliphatic heterocycles. The van der Waals surface area contributed by atoms with Crippen LogP contribution in [0.2, 0.25) is 0 Å². The summed E-state index contributed by atoms with van der Waals surface area (Å²) in [6.07, 6.45) is -1.67. The molecule has 2 heterocycles. The van der Waals surface area contributed by atoms with Gasteiger partial charge in [0.2, 0.25) is 0 Å². The standard InChI is InChI=1S/C8H5ClF3N3O/c9-1-6-4-16-7(14-6)15-3-5(2-13-15)8(10,11)12/h2-4H,1H2. The maximum atomic E-state index is 12.3. The molecule has 4 nitrogen and oxygen atoms in total. The van der Waals surface area contributed by atoms with Crippen LogP contribution in [0.4, 0.5) is 13.2 Å². The third-order valence-electron chi connectivity index (χ3n) is 1.78. The van der Waals surface area contributed by atoms with Crippen LogP contribution >= 0.6 is 11.6 Å². The highest BCUT2D eigenvalue weighted by Gasteiger charge is 2.32. The highest BCUT2D eigenvalue weighted by Crippen LogP contribution is 2.28. The molecular formula is C8H5ClF3N3O. The van der Waals surface area contributed by atoms with E-state index in [0.29, 0.717) is 11.9 Å². The molecule has 16 heavy (non-hydrogen) atoms. The predicted molar refractivity (Wildman–Crippen MR) is 48.2 cm³/mol. The van der Waals surface area contributed by atoms with Crippen molar-refractivity contribution in [2.75, 3.05) is 0 Å². The molecule has 86 valence electrons. The van der Waals surface area contributed by atoms with Crippen molar-refractivity contribution >= 4 is 11.6 Å². The minimum Gasteiger partial charge on any atom is -0.430 e. The molecule has 0 aromatic carbocycles. The van der Waals surface area contributed by atoms with Crippen molar-refractivity contribution in [3.8, 4) is 6.01 Å². The van der Waals surface area contributed by atoms with E-state index in [0.717, 1.165) is 10.9 Å². The first-order valence-electron chi connectivity index (χ1n) is 4.13. The predicted octanol–water partition coefficient (Wildman–Crippen LogP) is 2.62. The number of oxazole rings is 1. The maximum absolute atomic E-state index is 12.3. The second-order valence-electron chi connectivity index (χ2n) is 2.93. The Balaban J connectivity index is 2.31. The Kier molecular flexibility index (Phi) is 2.63. The average Bonchev–Trinajstić information content (AvgIpc) is 2.85. The first-order chi connectivity index (χ1) is 7.50. The number of alkyl halides is 4. The van der Waals surface area contributed by atoms with Gasteiger partial charge in [-0.05, 0) is 0 Å². The highest BCUT2D eigenvalue weighted by molar-refractivity contribution is 6.16. The number of hydrogen-bond acceptors (Lipinski definition) is 3. The van der Waals surface area contributed by atoms with E-state index >= 15 is 0 Å². The van der Waals surface area contributed by atoms with E-state index in [4.69, 9.17) is 16.0 Å². The van der Waals surface area contributed by atoms with Gasteiger partial charge >= 0.3 is 12.2 Å². The zero-order valence-electron chi connectivity index (χ0n) is 7.70. The Morgan fingerprint density at radius 3 is 2.69 bits per heavy atom. The Hall–Kier alpha value is -1.50. The molecule has 0 saturated carbocycles. The molecule has 0 amide bonds. The molecule has 0 fully saturated rings. The molecule has 0 aliphatic carbocycles. The number of aromatic nitrogens is 3. The van der Waals surface area contributed by atoms with Crippen molar-refractivity contribution in [3.05, 3.63) is 29.9 Å². The van der Waals surface area contributed by atoms with Crippen LogP contribution in [0.15, 0.2) is 23.1 Å². The van der Waals surface area contributed by atoms with Gasteiger partial charge in [0.15, 0.2) is 0 Å². The monoisotopic (exact) mass is 251 g/mol. The van der Waals surface area contributed by atoms with Gasteiger partial charge in [-0.1, -0.05) is 0 Å². The van der Waals surface area contributed by atoms with Crippen LogP contribution in [0.25, 0.3) is 6.01 Å². The van der Waals surface area contributed by atoms with Crippen molar-refractivity contribution in [2.45, 2.75) is 12.1 Å². The molecule has 8 heteroatoms. The Bertz CT molecular complexity index is 491. The van der Waals surface area contributed by atoms with Crippen LogP contribution in [0, 0.1) is 0 Å². The number of hydrogen-bond donors (Lipinski definition) is 0. The molecule has 0 atom stereocenters. The maximum Gasteiger partial charge on any atom is 0.419 e. The quantitative estimate of drug-likeness (QED) is 0.771. The Morgan fingerprint density at radius 2 is 2.19 bits per heavy atom. The fraction of sp³-hybridized carbons (Fsp3) is 0.250. The molecule has 0 spiro atoms. The minimum atomic E-state index is -4.43. The number of rotatable bonds is 2. The average molecular weight is 252 g/mol. The van der Waals surface area contributed by atoms with Crippen molar-refractivity contribution in [1.29, 1.82) is 0 Å². The van der Waals surface area contributed by atoms with Crippen LogP contribution in [0.5, 0.6) is 0 Å². The summed E-state index contributed by atoms with van der Waals surface area (Å²) in [5, 5.41) is 3.50. The van der Waals surface area contributed by atoms with Gasteiger partial charge in [0, 0.05) is 6.20 Å². The normalized spacial score (nSPS) is 12.0. The summed E-state index contributed by atoms with van der Waals surface area (Å²) in [6, 6.07) is -0.0499. The van der Waals surface area contributed by atoms with Crippen LogP contribution in [0.1, 0.15) is 11.3 Å².